The van der Waals surface area contributed by atoms with Gasteiger partial charge in [0.2, 0.25) is 0 Å². The molecule has 20 heavy (non-hydrogen) atoms. The van der Waals surface area contributed by atoms with Crippen molar-refractivity contribution in [2.24, 2.45) is 7.05 Å². The van der Waals surface area contributed by atoms with Crippen molar-refractivity contribution >= 4 is 35.0 Å². The fourth-order valence-electron chi connectivity index (χ4n) is 2.08. The summed E-state index contributed by atoms with van der Waals surface area (Å²) in [6.45, 7) is 4.70. The van der Waals surface area contributed by atoms with E-state index in [-0.39, 0.29) is 25.1 Å². The van der Waals surface area contributed by atoms with E-state index in [2.05, 4.69) is 15.4 Å². The van der Waals surface area contributed by atoms with Gasteiger partial charge in [0.05, 0.1) is 12.3 Å². The summed E-state index contributed by atoms with van der Waals surface area (Å²) in [6, 6.07) is 2.10. The molecule has 0 aliphatic heterocycles. The van der Waals surface area contributed by atoms with Gasteiger partial charge in [0.15, 0.2) is 5.65 Å². The molecule has 1 atom stereocenters. The first-order chi connectivity index (χ1) is 9.06. The van der Waals surface area contributed by atoms with Crippen LogP contribution in [0.3, 0.4) is 0 Å². The molecule has 0 saturated heterocycles. The molecule has 0 aliphatic rings. The first-order valence-electron chi connectivity index (χ1n) is 6.39. The Labute approximate surface area is 129 Å². The summed E-state index contributed by atoms with van der Waals surface area (Å²) in [4.78, 5) is 4.39. The maximum atomic E-state index is 9.17. The minimum absolute atomic E-state index is 0. The van der Waals surface area contributed by atoms with Crippen LogP contribution in [0.15, 0.2) is 6.07 Å². The van der Waals surface area contributed by atoms with E-state index in [1.807, 2.05) is 27.0 Å². The van der Waals surface area contributed by atoms with E-state index in [9.17, 15) is 0 Å². The van der Waals surface area contributed by atoms with Crippen molar-refractivity contribution in [3.63, 3.8) is 0 Å². The van der Waals surface area contributed by atoms with Gasteiger partial charge in [-0.3, -0.25) is 4.68 Å². The lowest BCUT2D eigenvalue weighted by Crippen LogP contribution is -2.31. The molecule has 2 rings (SSSR count). The molecule has 5 nitrogen and oxygen atoms in total. The van der Waals surface area contributed by atoms with E-state index < -0.39 is 0 Å². The molecular formula is C13H20Cl2N4O. The third kappa shape index (κ3) is 3.41. The largest absolute Gasteiger partial charge is 0.395 e. The van der Waals surface area contributed by atoms with Crippen molar-refractivity contribution in [3.8, 4) is 0 Å². The zero-order valence-corrected chi connectivity index (χ0v) is 13.4. The maximum Gasteiger partial charge on any atom is 0.159 e. The molecule has 0 aromatic carbocycles. The molecule has 112 valence electrons. The van der Waals surface area contributed by atoms with E-state index in [1.54, 1.807) is 4.68 Å². The summed E-state index contributed by atoms with van der Waals surface area (Å²) in [7, 11) is 1.86. The fraction of sp³-hybridized carbons (Fsp3) is 0.538. The molecule has 2 N–H and O–H groups in total. The van der Waals surface area contributed by atoms with Crippen LogP contribution in [-0.4, -0.2) is 32.5 Å². The van der Waals surface area contributed by atoms with Gasteiger partial charge >= 0.3 is 0 Å². The molecule has 2 aromatic rings. The second-order valence-corrected chi connectivity index (χ2v) is 5.05. The number of nitrogens with zero attached hydrogens (tertiary/aromatic N) is 3. The molecule has 0 bridgehead atoms. The standard InChI is InChI=1S/C13H19ClN4O.ClH/c1-4-10(7-19)15-6-9-5-11-8(2)17-18(3)13(11)16-12(9)14;/h5,10,15,19H,4,6-7H2,1-3H3;1H. The summed E-state index contributed by atoms with van der Waals surface area (Å²) in [5, 5.41) is 18.3. The van der Waals surface area contributed by atoms with Gasteiger partial charge in [-0.25, -0.2) is 4.98 Å². The number of fused-ring (bicyclic) bond motifs is 1. The minimum Gasteiger partial charge on any atom is -0.395 e. The van der Waals surface area contributed by atoms with Crippen molar-refractivity contribution in [1.82, 2.24) is 20.1 Å². The third-order valence-electron chi connectivity index (χ3n) is 3.32. The van der Waals surface area contributed by atoms with Crippen LogP contribution in [0.5, 0.6) is 0 Å². The van der Waals surface area contributed by atoms with Gasteiger partial charge in [0, 0.05) is 30.6 Å². The molecule has 2 heterocycles. The summed E-state index contributed by atoms with van der Waals surface area (Å²) < 4.78 is 1.73. The Morgan fingerprint density at radius 2 is 2.20 bits per heavy atom. The normalized spacial score (nSPS) is 12.4. The first-order valence-corrected chi connectivity index (χ1v) is 6.77. The lowest BCUT2D eigenvalue weighted by molar-refractivity contribution is 0.238. The quantitative estimate of drug-likeness (QED) is 0.830. The van der Waals surface area contributed by atoms with Crippen molar-refractivity contribution < 1.29 is 5.11 Å². The minimum atomic E-state index is 0. The average Bonchev–Trinajstić information content (AvgIpc) is 2.66. The second kappa shape index (κ2) is 7.22. The Balaban J connectivity index is 0.00000200. The number of hydrogen-bond acceptors (Lipinski definition) is 4. The first kappa shape index (κ1) is 17.2. The summed E-state index contributed by atoms with van der Waals surface area (Å²) >= 11 is 6.20. The third-order valence-corrected chi connectivity index (χ3v) is 3.65. The van der Waals surface area contributed by atoms with Gasteiger partial charge in [0.25, 0.3) is 0 Å². The summed E-state index contributed by atoms with van der Waals surface area (Å²) in [6.07, 6.45) is 0.871. The van der Waals surface area contributed by atoms with Gasteiger partial charge in [-0.15, -0.1) is 12.4 Å². The van der Waals surface area contributed by atoms with E-state index >= 15 is 0 Å². The smallest absolute Gasteiger partial charge is 0.159 e. The highest BCUT2D eigenvalue weighted by atomic mass is 35.5. The van der Waals surface area contributed by atoms with Gasteiger partial charge in [-0.05, 0) is 19.4 Å². The van der Waals surface area contributed by atoms with Crippen LogP contribution in [0.1, 0.15) is 24.6 Å². The van der Waals surface area contributed by atoms with Crippen LogP contribution in [0.4, 0.5) is 0 Å². The van der Waals surface area contributed by atoms with Crippen LogP contribution < -0.4 is 5.32 Å². The van der Waals surface area contributed by atoms with E-state index in [1.165, 1.54) is 0 Å². The van der Waals surface area contributed by atoms with Crippen LogP contribution in [0.2, 0.25) is 5.15 Å². The Hall–Kier alpha value is -0.880. The Morgan fingerprint density at radius 3 is 2.80 bits per heavy atom. The van der Waals surface area contributed by atoms with Crippen molar-refractivity contribution in [2.45, 2.75) is 32.9 Å². The number of halogens is 2. The van der Waals surface area contributed by atoms with E-state index in [0.29, 0.717) is 11.7 Å². The summed E-state index contributed by atoms with van der Waals surface area (Å²) in [5.74, 6) is 0. The molecule has 7 heteroatoms. The van der Waals surface area contributed by atoms with Gasteiger partial charge in [0.1, 0.15) is 5.15 Å². The number of hydrogen-bond donors (Lipinski definition) is 2. The number of aryl methyl sites for hydroxylation is 2. The lowest BCUT2D eigenvalue weighted by atomic mass is 10.2. The van der Waals surface area contributed by atoms with Crippen LogP contribution in [0, 0.1) is 6.92 Å². The Bertz CT molecular complexity index is 581. The molecule has 1 unspecified atom stereocenters. The predicted octanol–water partition coefficient (Wildman–Crippen LogP) is 2.21. The van der Waals surface area contributed by atoms with E-state index in [4.69, 9.17) is 16.7 Å². The van der Waals surface area contributed by atoms with Gasteiger partial charge in [-0.1, -0.05) is 18.5 Å². The SMILES string of the molecule is CCC(CO)NCc1cc2c(C)nn(C)c2nc1Cl.Cl. The zero-order chi connectivity index (χ0) is 14.0. The van der Waals surface area contributed by atoms with E-state index in [0.717, 1.165) is 28.7 Å². The number of pyridine rings is 1. The van der Waals surface area contributed by atoms with Crippen LogP contribution in [-0.2, 0) is 13.6 Å². The zero-order valence-electron chi connectivity index (χ0n) is 11.9. The second-order valence-electron chi connectivity index (χ2n) is 4.69. The van der Waals surface area contributed by atoms with Crippen molar-refractivity contribution in [1.29, 1.82) is 0 Å². The Kier molecular flexibility index (Phi) is 6.20. The highest BCUT2D eigenvalue weighted by molar-refractivity contribution is 6.30. The monoisotopic (exact) mass is 318 g/mol. The number of nitrogens with one attached hydrogen (secondary N) is 1. The lowest BCUT2D eigenvalue weighted by Gasteiger charge is -2.14. The van der Waals surface area contributed by atoms with Gasteiger partial charge < -0.3 is 10.4 Å². The molecule has 0 fully saturated rings. The number of rotatable bonds is 5. The molecule has 2 aromatic heterocycles. The number of aromatic nitrogens is 3. The highest BCUT2D eigenvalue weighted by Gasteiger charge is 2.12. The van der Waals surface area contributed by atoms with Gasteiger partial charge in [-0.2, -0.15) is 5.10 Å². The van der Waals surface area contributed by atoms with Crippen LogP contribution in [0.25, 0.3) is 11.0 Å². The average molecular weight is 319 g/mol. The molecule has 0 saturated carbocycles. The molecule has 0 amide bonds. The molecule has 0 spiro atoms. The fourth-order valence-corrected chi connectivity index (χ4v) is 2.28. The van der Waals surface area contributed by atoms with Crippen molar-refractivity contribution in [2.75, 3.05) is 6.61 Å². The summed E-state index contributed by atoms with van der Waals surface area (Å²) in [5.41, 5.74) is 2.66. The number of aliphatic hydroxyl groups excluding tert-OH is 1. The maximum absolute atomic E-state index is 9.17. The molecule has 0 aliphatic carbocycles. The predicted molar refractivity (Wildman–Crippen MR) is 83.5 cm³/mol. The topological polar surface area (TPSA) is 63.0 Å². The Morgan fingerprint density at radius 1 is 1.50 bits per heavy atom. The molecular weight excluding hydrogens is 299 g/mol. The van der Waals surface area contributed by atoms with Crippen molar-refractivity contribution in [3.05, 3.63) is 22.5 Å². The number of aliphatic hydroxyl groups is 1. The highest BCUT2D eigenvalue weighted by Crippen LogP contribution is 2.22. The van der Waals surface area contributed by atoms with Crippen LogP contribution >= 0.6 is 24.0 Å². The molecule has 0 radical (unpaired) electrons.